The summed E-state index contributed by atoms with van der Waals surface area (Å²) < 4.78 is 5.05. The number of anilines is 1. The van der Waals surface area contributed by atoms with Gasteiger partial charge in [0.1, 0.15) is 0 Å². The SMILES string of the molecule is C[C@H](OC(=O)C1CC1)C(=O)Nc1ccc(Cl)cc1. The van der Waals surface area contributed by atoms with Crippen molar-refractivity contribution < 1.29 is 14.3 Å². The molecule has 0 unspecified atom stereocenters. The minimum absolute atomic E-state index is 0.00391. The molecule has 1 amide bonds. The molecule has 1 fully saturated rings. The van der Waals surface area contributed by atoms with Crippen LogP contribution in [0.1, 0.15) is 19.8 Å². The zero-order chi connectivity index (χ0) is 13.1. The first-order valence-electron chi connectivity index (χ1n) is 5.83. The van der Waals surface area contributed by atoms with Crippen LogP contribution < -0.4 is 5.32 Å². The largest absolute Gasteiger partial charge is 0.452 e. The second-order valence-corrected chi connectivity index (χ2v) is 4.79. The Bertz CT molecular complexity index is 454. The molecule has 1 atom stereocenters. The molecule has 0 saturated heterocycles. The maximum absolute atomic E-state index is 11.8. The van der Waals surface area contributed by atoms with Crippen LogP contribution >= 0.6 is 11.6 Å². The molecular weight excluding hydrogens is 254 g/mol. The van der Waals surface area contributed by atoms with Gasteiger partial charge in [-0.15, -0.1) is 0 Å². The minimum Gasteiger partial charge on any atom is -0.452 e. The van der Waals surface area contributed by atoms with Crippen LogP contribution in [0.3, 0.4) is 0 Å². The Kier molecular flexibility index (Phi) is 3.87. The fourth-order valence-electron chi connectivity index (χ4n) is 1.42. The van der Waals surface area contributed by atoms with Gasteiger partial charge >= 0.3 is 5.97 Å². The van der Waals surface area contributed by atoms with Crippen molar-refractivity contribution >= 4 is 29.2 Å². The van der Waals surface area contributed by atoms with Crippen LogP contribution in [0.15, 0.2) is 24.3 Å². The van der Waals surface area contributed by atoms with Crippen molar-refractivity contribution in [3.05, 3.63) is 29.3 Å². The second kappa shape index (κ2) is 5.40. The molecule has 0 spiro atoms. The first-order valence-corrected chi connectivity index (χ1v) is 6.21. The summed E-state index contributed by atoms with van der Waals surface area (Å²) in [5.41, 5.74) is 0.624. The molecule has 0 aliphatic heterocycles. The number of carbonyl (C=O) groups excluding carboxylic acids is 2. The summed E-state index contributed by atoms with van der Waals surface area (Å²) in [5.74, 6) is -0.629. The summed E-state index contributed by atoms with van der Waals surface area (Å²) in [6.45, 7) is 1.56. The third-order valence-electron chi connectivity index (χ3n) is 2.68. The van der Waals surface area contributed by atoms with Crippen LogP contribution in [-0.4, -0.2) is 18.0 Å². The number of amides is 1. The number of ether oxygens (including phenoxy) is 1. The monoisotopic (exact) mass is 267 g/mol. The molecule has 0 bridgehead atoms. The maximum atomic E-state index is 11.8. The van der Waals surface area contributed by atoms with Crippen LogP contribution in [0.4, 0.5) is 5.69 Å². The lowest BCUT2D eigenvalue weighted by atomic mass is 10.3. The van der Waals surface area contributed by atoms with E-state index in [-0.39, 0.29) is 17.8 Å². The smallest absolute Gasteiger partial charge is 0.309 e. The molecule has 0 heterocycles. The summed E-state index contributed by atoms with van der Waals surface area (Å²) >= 11 is 5.74. The fraction of sp³-hybridized carbons (Fsp3) is 0.385. The average Bonchev–Trinajstić information content (AvgIpc) is 3.16. The highest BCUT2D eigenvalue weighted by Gasteiger charge is 2.33. The van der Waals surface area contributed by atoms with E-state index in [4.69, 9.17) is 16.3 Å². The van der Waals surface area contributed by atoms with E-state index in [2.05, 4.69) is 5.32 Å². The highest BCUT2D eigenvalue weighted by Crippen LogP contribution is 2.30. The summed E-state index contributed by atoms with van der Waals surface area (Å²) in [6, 6.07) is 6.74. The van der Waals surface area contributed by atoms with Gasteiger partial charge in [-0.2, -0.15) is 0 Å². The van der Waals surface area contributed by atoms with E-state index >= 15 is 0 Å². The maximum Gasteiger partial charge on any atom is 0.309 e. The number of carbonyl (C=O) groups is 2. The Balaban J connectivity index is 1.86. The Hall–Kier alpha value is -1.55. The van der Waals surface area contributed by atoms with Crippen LogP contribution in [0.2, 0.25) is 5.02 Å². The standard InChI is InChI=1S/C13H14ClNO3/c1-8(18-13(17)9-2-3-9)12(16)15-11-6-4-10(14)5-7-11/h4-9H,2-3H2,1H3,(H,15,16)/t8-/m0/s1. The number of esters is 1. The average molecular weight is 268 g/mol. The third-order valence-corrected chi connectivity index (χ3v) is 2.94. The molecule has 5 heteroatoms. The molecule has 0 radical (unpaired) electrons. The Morgan fingerprint density at radius 3 is 2.50 bits per heavy atom. The topological polar surface area (TPSA) is 55.4 Å². The summed E-state index contributed by atoms with van der Waals surface area (Å²) in [7, 11) is 0. The predicted molar refractivity (Wildman–Crippen MR) is 68.4 cm³/mol. The van der Waals surface area contributed by atoms with Crippen molar-refractivity contribution in [3.8, 4) is 0 Å². The second-order valence-electron chi connectivity index (χ2n) is 4.35. The first kappa shape index (κ1) is 12.9. The van der Waals surface area contributed by atoms with E-state index in [1.54, 1.807) is 31.2 Å². The van der Waals surface area contributed by atoms with E-state index < -0.39 is 6.10 Å². The molecule has 1 N–H and O–H groups in total. The summed E-state index contributed by atoms with van der Waals surface area (Å²) in [6.07, 6.45) is 0.947. The molecule has 1 aromatic rings. The highest BCUT2D eigenvalue weighted by atomic mass is 35.5. The first-order chi connectivity index (χ1) is 8.56. The van der Waals surface area contributed by atoms with Crippen LogP contribution in [-0.2, 0) is 14.3 Å². The fourth-order valence-corrected chi connectivity index (χ4v) is 1.55. The quantitative estimate of drug-likeness (QED) is 0.853. The van der Waals surface area contributed by atoms with Gasteiger partial charge < -0.3 is 10.1 Å². The molecule has 96 valence electrons. The minimum atomic E-state index is -0.784. The van der Waals surface area contributed by atoms with Crippen LogP contribution in [0, 0.1) is 5.92 Å². The lowest BCUT2D eigenvalue weighted by Gasteiger charge is -2.13. The molecule has 4 nitrogen and oxygen atoms in total. The van der Waals surface area contributed by atoms with Gasteiger partial charge in [0.05, 0.1) is 5.92 Å². The lowest BCUT2D eigenvalue weighted by Crippen LogP contribution is -2.30. The molecule has 1 aliphatic rings. The van der Waals surface area contributed by atoms with Crippen LogP contribution in [0.25, 0.3) is 0 Å². The molecule has 18 heavy (non-hydrogen) atoms. The van der Waals surface area contributed by atoms with Crippen molar-refractivity contribution in [3.63, 3.8) is 0 Å². The number of hydrogen-bond acceptors (Lipinski definition) is 3. The Morgan fingerprint density at radius 1 is 1.33 bits per heavy atom. The zero-order valence-electron chi connectivity index (χ0n) is 9.98. The van der Waals surface area contributed by atoms with Gasteiger partial charge in [0, 0.05) is 10.7 Å². The van der Waals surface area contributed by atoms with Gasteiger partial charge in [-0.1, -0.05) is 11.6 Å². The molecule has 2 rings (SSSR count). The summed E-state index contributed by atoms with van der Waals surface area (Å²) in [4.78, 5) is 23.2. The van der Waals surface area contributed by atoms with Crippen molar-refractivity contribution in [1.82, 2.24) is 0 Å². The van der Waals surface area contributed by atoms with Gasteiger partial charge in [-0.25, -0.2) is 0 Å². The molecule has 0 aromatic heterocycles. The number of benzene rings is 1. The Morgan fingerprint density at radius 2 is 1.94 bits per heavy atom. The van der Waals surface area contributed by atoms with E-state index in [1.165, 1.54) is 0 Å². The van der Waals surface area contributed by atoms with Crippen molar-refractivity contribution in [2.24, 2.45) is 5.92 Å². The number of nitrogens with one attached hydrogen (secondary N) is 1. The molecule has 1 saturated carbocycles. The van der Waals surface area contributed by atoms with Crippen molar-refractivity contribution in [2.75, 3.05) is 5.32 Å². The van der Waals surface area contributed by atoms with Crippen LogP contribution in [0.5, 0.6) is 0 Å². The van der Waals surface area contributed by atoms with E-state index in [1.807, 2.05) is 0 Å². The van der Waals surface area contributed by atoms with E-state index in [0.717, 1.165) is 12.8 Å². The van der Waals surface area contributed by atoms with E-state index in [0.29, 0.717) is 10.7 Å². The number of hydrogen-bond donors (Lipinski definition) is 1. The highest BCUT2D eigenvalue weighted by molar-refractivity contribution is 6.30. The van der Waals surface area contributed by atoms with Gasteiger partial charge in [0.2, 0.25) is 0 Å². The zero-order valence-corrected chi connectivity index (χ0v) is 10.7. The normalized spacial score (nSPS) is 15.9. The molecule has 1 aromatic carbocycles. The van der Waals surface area contributed by atoms with Gasteiger partial charge in [0.25, 0.3) is 5.91 Å². The number of halogens is 1. The number of rotatable bonds is 4. The Labute approximate surface area is 110 Å². The summed E-state index contributed by atoms with van der Waals surface area (Å²) in [5, 5.41) is 3.26. The van der Waals surface area contributed by atoms with Crippen molar-refractivity contribution in [1.29, 1.82) is 0 Å². The lowest BCUT2D eigenvalue weighted by molar-refractivity contribution is -0.154. The molecular formula is C13H14ClNO3. The third kappa shape index (κ3) is 3.47. The predicted octanol–water partition coefficient (Wildman–Crippen LogP) is 2.62. The van der Waals surface area contributed by atoms with Gasteiger partial charge in [-0.05, 0) is 44.0 Å². The molecule has 1 aliphatic carbocycles. The van der Waals surface area contributed by atoms with E-state index in [9.17, 15) is 9.59 Å². The van der Waals surface area contributed by atoms with Gasteiger partial charge in [0.15, 0.2) is 6.10 Å². The van der Waals surface area contributed by atoms with Crippen molar-refractivity contribution in [2.45, 2.75) is 25.9 Å². The van der Waals surface area contributed by atoms with Gasteiger partial charge in [-0.3, -0.25) is 9.59 Å².